The van der Waals surface area contributed by atoms with Gasteiger partial charge < -0.3 is 9.63 Å². The Balaban J connectivity index is 3.01. The van der Waals surface area contributed by atoms with E-state index in [2.05, 4.69) is 0 Å². The highest BCUT2D eigenvalue weighted by atomic mass is 35.7. The number of halogens is 1. The van der Waals surface area contributed by atoms with Gasteiger partial charge in [-0.2, -0.15) is 4.67 Å². The van der Waals surface area contributed by atoms with Crippen LogP contribution in [0.4, 0.5) is 0 Å². The summed E-state index contributed by atoms with van der Waals surface area (Å²) in [5.74, 6) is -0.523. The molecule has 1 unspecified atom stereocenters. The molecule has 0 fully saturated rings. The van der Waals surface area contributed by atoms with Crippen LogP contribution in [0.25, 0.3) is 0 Å². The fourth-order valence-electron chi connectivity index (χ4n) is 2.07. The summed E-state index contributed by atoms with van der Waals surface area (Å²) in [6.07, 6.45) is 1.70. The quantitative estimate of drug-likeness (QED) is 0.660. The van der Waals surface area contributed by atoms with Crippen molar-refractivity contribution in [2.75, 3.05) is 6.54 Å². The van der Waals surface area contributed by atoms with Crippen molar-refractivity contribution in [2.24, 2.45) is 5.92 Å². The van der Waals surface area contributed by atoms with Crippen molar-refractivity contribution in [1.29, 1.82) is 0 Å². The van der Waals surface area contributed by atoms with Crippen LogP contribution in [0.2, 0.25) is 0 Å². The number of carboxylic acids is 1. The first-order chi connectivity index (χ1) is 10.3. The van der Waals surface area contributed by atoms with Gasteiger partial charge in [0.15, 0.2) is 0 Å². The summed E-state index contributed by atoms with van der Waals surface area (Å²) in [4.78, 5) is 11.3. The van der Waals surface area contributed by atoms with Crippen LogP contribution in [0.5, 0.6) is 5.75 Å². The Morgan fingerprint density at radius 3 is 2.32 bits per heavy atom. The third-order valence-electron chi connectivity index (χ3n) is 3.67. The van der Waals surface area contributed by atoms with Crippen LogP contribution >= 0.6 is 18.1 Å². The summed E-state index contributed by atoms with van der Waals surface area (Å²) in [7, 11) is 0. The zero-order chi connectivity index (χ0) is 16.8. The van der Waals surface area contributed by atoms with E-state index in [9.17, 15) is 14.5 Å². The van der Waals surface area contributed by atoms with Gasteiger partial charge in [-0.1, -0.05) is 44.9 Å². The molecule has 0 bridgehead atoms. The number of carbonyl (C=O) groups is 1. The smallest absolute Gasteiger partial charge is 0.412 e. The summed E-state index contributed by atoms with van der Waals surface area (Å²) in [5.41, 5.74) is 0. The van der Waals surface area contributed by atoms with Crippen LogP contribution in [0.3, 0.4) is 0 Å². The molecule has 1 aromatic rings. The lowest BCUT2D eigenvalue weighted by molar-refractivity contribution is -0.141. The maximum Gasteiger partial charge on any atom is 0.412 e. The van der Waals surface area contributed by atoms with Crippen LogP contribution in [0.15, 0.2) is 30.3 Å². The summed E-state index contributed by atoms with van der Waals surface area (Å²) >= 11 is 6.13. The molecule has 0 heterocycles. The van der Waals surface area contributed by atoms with Crippen LogP contribution < -0.4 is 4.52 Å². The van der Waals surface area contributed by atoms with Gasteiger partial charge in [-0.05, 0) is 25.0 Å². The Morgan fingerprint density at radius 2 is 1.86 bits per heavy atom. The fraction of sp³-hybridized carbons (Fsp3) is 0.533. The Labute approximate surface area is 136 Å². The fourth-order valence-corrected chi connectivity index (χ4v) is 4.31. The Bertz CT molecular complexity index is 522. The van der Waals surface area contributed by atoms with Crippen molar-refractivity contribution in [3.05, 3.63) is 30.3 Å². The molecule has 22 heavy (non-hydrogen) atoms. The maximum atomic E-state index is 12.8. The number of rotatable bonds is 9. The highest BCUT2D eigenvalue weighted by Crippen LogP contribution is 2.57. The van der Waals surface area contributed by atoms with Gasteiger partial charge in [-0.15, -0.1) is 0 Å². The van der Waals surface area contributed by atoms with E-state index in [1.165, 1.54) is 11.6 Å². The molecule has 0 radical (unpaired) electrons. The van der Waals surface area contributed by atoms with Gasteiger partial charge in [0.1, 0.15) is 11.8 Å². The number of hydrogen-bond acceptors (Lipinski definition) is 3. The van der Waals surface area contributed by atoms with E-state index in [4.69, 9.17) is 15.8 Å². The molecule has 0 aliphatic rings. The highest BCUT2D eigenvalue weighted by Gasteiger charge is 2.39. The molecule has 2 atom stereocenters. The minimum absolute atomic E-state index is 0.202. The van der Waals surface area contributed by atoms with E-state index in [0.29, 0.717) is 12.3 Å². The monoisotopic (exact) mass is 347 g/mol. The van der Waals surface area contributed by atoms with Gasteiger partial charge in [0, 0.05) is 17.8 Å². The Hall–Kier alpha value is -1.03. The normalized spacial score (nSPS) is 15.5. The van der Waals surface area contributed by atoms with E-state index >= 15 is 0 Å². The predicted molar refractivity (Wildman–Crippen MR) is 88.4 cm³/mol. The van der Waals surface area contributed by atoms with Crippen molar-refractivity contribution in [2.45, 2.75) is 39.7 Å². The average molecular weight is 348 g/mol. The van der Waals surface area contributed by atoms with Gasteiger partial charge in [0.25, 0.3) is 0 Å². The second-order valence-corrected chi connectivity index (χ2v) is 8.06. The molecule has 1 N–H and O–H groups in total. The third-order valence-corrected chi connectivity index (χ3v) is 6.02. The largest absolute Gasteiger partial charge is 0.480 e. The molecule has 0 amide bonds. The minimum atomic E-state index is -3.79. The molecule has 0 spiro atoms. The minimum Gasteiger partial charge on any atom is -0.480 e. The number of nitrogens with zero attached hydrogens (tertiary/aromatic N) is 1. The second kappa shape index (κ2) is 8.56. The van der Waals surface area contributed by atoms with E-state index < -0.39 is 18.9 Å². The molecule has 0 saturated heterocycles. The lowest BCUT2D eigenvalue weighted by atomic mass is 10.0. The Morgan fingerprint density at radius 1 is 1.32 bits per heavy atom. The number of hydrogen-bond donors (Lipinski definition) is 1. The van der Waals surface area contributed by atoms with Crippen molar-refractivity contribution in [3.63, 3.8) is 0 Å². The van der Waals surface area contributed by atoms with E-state index in [-0.39, 0.29) is 5.92 Å². The zero-order valence-electron chi connectivity index (χ0n) is 13.1. The topological polar surface area (TPSA) is 66.8 Å². The molecule has 0 aliphatic carbocycles. The van der Waals surface area contributed by atoms with Gasteiger partial charge in [0.05, 0.1) is 0 Å². The molecule has 0 aromatic heterocycles. The zero-order valence-corrected chi connectivity index (χ0v) is 14.8. The number of para-hydroxylation sites is 1. The lowest BCUT2D eigenvalue weighted by Crippen LogP contribution is -2.39. The van der Waals surface area contributed by atoms with Crippen molar-refractivity contribution >= 4 is 24.1 Å². The third kappa shape index (κ3) is 5.31. The second-order valence-electron chi connectivity index (χ2n) is 5.17. The molecule has 7 heteroatoms. The number of carboxylic acid groups (broad SMARTS) is 1. The SMILES string of the molecule is CCC(CC)CN([C@@H](C)C(=O)O)P(=O)(Cl)Oc1ccccc1. The van der Waals surface area contributed by atoms with Crippen LogP contribution in [0, 0.1) is 5.92 Å². The molecule has 5 nitrogen and oxygen atoms in total. The number of aliphatic carboxylic acids is 1. The van der Waals surface area contributed by atoms with Crippen molar-refractivity contribution in [3.8, 4) is 5.75 Å². The van der Waals surface area contributed by atoms with Gasteiger partial charge >= 0.3 is 12.8 Å². The lowest BCUT2D eigenvalue weighted by Gasteiger charge is -2.32. The average Bonchev–Trinajstić information content (AvgIpc) is 2.48. The molecule has 1 rings (SSSR count). The van der Waals surface area contributed by atoms with Crippen molar-refractivity contribution in [1.82, 2.24) is 4.67 Å². The summed E-state index contributed by atoms with van der Waals surface area (Å²) in [6.45, 7) is 2.01. The van der Waals surface area contributed by atoms with Gasteiger partial charge in [-0.3, -0.25) is 4.79 Å². The molecule has 1 aromatic carbocycles. The summed E-state index contributed by atoms with van der Waals surface area (Å²) in [5, 5.41) is 9.26. The molecule has 124 valence electrons. The van der Waals surface area contributed by atoms with Crippen molar-refractivity contribution < 1.29 is 19.0 Å². The first-order valence-electron chi connectivity index (χ1n) is 7.36. The predicted octanol–water partition coefficient (Wildman–Crippen LogP) is 4.62. The van der Waals surface area contributed by atoms with Gasteiger partial charge in [0.2, 0.25) is 0 Å². The molecular weight excluding hydrogens is 325 g/mol. The summed E-state index contributed by atoms with van der Waals surface area (Å²) < 4.78 is 19.5. The van der Waals surface area contributed by atoms with Gasteiger partial charge in [-0.25, -0.2) is 4.57 Å². The molecule has 0 aliphatic heterocycles. The standard InChI is InChI=1S/C15H23ClNO4P/c1-4-13(5-2)11-17(12(3)15(18)19)22(16,20)21-14-9-7-6-8-10-14/h6-10,12-13H,4-5,11H2,1-3H3,(H,18,19)/t12-,22?/m0/s1. The molecule has 0 saturated carbocycles. The van der Waals surface area contributed by atoms with Crippen LogP contribution in [-0.2, 0) is 9.36 Å². The van der Waals surface area contributed by atoms with Crippen LogP contribution in [-0.4, -0.2) is 28.3 Å². The van der Waals surface area contributed by atoms with E-state index in [0.717, 1.165) is 12.8 Å². The summed E-state index contributed by atoms with van der Waals surface area (Å²) in [6, 6.07) is 7.54. The first kappa shape index (κ1) is 19.0. The first-order valence-corrected chi connectivity index (χ1v) is 9.84. The number of benzene rings is 1. The molecular formula is C15H23ClNO4P. The van der Waals surface area contributed by atoms with E-state index in [1.54, 1.807) is 30.3 Å². The maximum absolute atomic E-state index is 12.8. The van der Waals surface area contributed by atoms with E-state index in [1.807, 2.05) is 13.8 Å². The van der Waals surface area contributed by atoms with Crippen LogP contribution in [0.1, 0.15) is 33.6 Å². The Kier molecular flexibility index (Phi) is 7.40. The highest BCUT2D eigenvalue weighted by molar-refractivity contribution is 7.83.